The Morgan fingerprint density at radius 1 is 1.09 bits per heavy atom. The Bertz CT molecular complexity index is 738. The molecule has 23 heavy (non-hydrogen) atoms. The van der Waals surface area contributed by atoms with Gasteiger partial charge in [-0.3, -0.25) is 19.7 Å². The van der Waals surface area contributed by atoms with Crippen molar-refractivity contribution in [1.29, 1.82) is 0 Å². The van der Waals surface area contributed by atoms with Gasteiger partial charge in [0.15, 0.2) is 0 Å². The van der Waals surface area contributed by atoms with E-state index in [2.05, 4.69) is 12.2 Å². The highest BCUT2D eigenvalue weighted by molar-refractivity contribution is 6.22. The van der Waals surface area contributed by atoms with Gasteiger partial charge in [0, 0.05) is 11.6 Å². The molecule has 2 fully saturated rings. The summed E-state index contributed by atoms with van der Waals surface area (Å²) >= 11 is 0. The summed E-state index contributed by atoms with van der Waals surface area (Å²) in [7, 11) is 0. The third-order valence-electron chi connectivity index (χ3n) is 5.41. The van der Waals surface area contributed by atoms with Crippen LogP contribution in [0.25, 0.3) is 0 Å². The molecule has 6 nitrogen and oxygen atoms in total. The molecule has 1 saturated carbocycles. The lowest BCUT2D eigenvalue weighted by atomic mass is 9.63. The van der Waals surface area contributed by atoms with Crippen molar-refractivity contribution in [3.05, 3.63) is 46.0 Å². The molecule has 0 radical (unpaired) electrons. The van der Waals surface area contributed by atoms with Crippen molar-refractivity contribution in [1.82, 2.24) is 0 Å². The van der Waals surface area contributed by atoms with Crippen molar-refractivity contribution in [2.24, 2.45) is 23.7 Å². The quantitative estimate of drug-likeness (QED) is 0.364. The van der Waals surface area contributed by atoms with E-state index < -0.39 is 4.92 Å². The fraction of sp³-hybridized carbons (Fsp3) is 0.412. The molecule has 3 aliphatic carbocycles. The van der Waals surface area contributed by atoms with Crippen LogP contribution in [0.1, 0.15) is 18.4 Å². The highest BCUT2D eigenvalue weighted by Crippen LogP contribution is 2.50. The maximum atomic E-state index is 12.8. The van der Waals surface area contributed by atoms with Gasteiger partial charge in [0.1, 0.15) is 0 Å². The van der Waals surface area contributed by atoms with Gasteiger partial charge < -0.3 is 0 Å². The predicted molar refractivity (Wildman–Crippen MR) is 82.7 cm³/mol. The highest BCUT2D eigenvalue weighted by atomic mass is 16.6. The molecule has 0 spiro atoms. The number of carbonyl (C=O) groups excluding carboxylic acids is 2. The number of benzene rings is 1. The van der Waals surface area contributed by atoms with Crippen molar-refractivity contribution >= 4 is 23.2 Å². The summed E-state index contributed by atoms with van der Waals surface area (Å²) < 4.78 is 0. The average molecular weight is 312 g/mol. The molecule has 5 rings (SSSR count). The normalized spacial score (nSPS) is 31.6. The number of nitrogens with zero attached hydrogens (tertiary/aromatic N) is 2. The molecule has 1 aromatic carbocycles. The molecule has 1 aromatic rings. The first-order chi connectivity index (χ1) is 11.0. The zero-order chi connectivity index (χ0) is 16.3. The SMILES string of the molecule is Cc1ccc(N2C(=O)[C@@H]3[C@@H](C2=O)[C@H]2C=C[C@H]3CC2)cc1[N+](=O)[O-]. The number of hydrogen-bond donors (Lipinski definition) is 0. The molecule has 2 bridgehead atoms. The van der Waals surface area contributed by atoms with Crippen molar-refractivity contribution < 1.29 is 14.5 Å². The Labute approximate surface area is 132 Å². The predicted octanol–water partition coefficient (Wildman–Crippen LogP) is 2.60. The van der Waals surface area contributed by atoms with Gasteiger partial charge in [-0.05, 0) is 37.7 Å². The summed E-state index contributed by atoms with van der Waals surface area (Å²) in [6, 6.07) is 4.53. The zero-order valence-corrected chi connectivity index (χ0v) is 12.6. The van der Waals surface area contributed by atoms with E-state index in [1.165, 1.54) is 11.0 Å². The van der Waals surface area contributed by atoms with Crippen LogP contribution in [-0.2, 0) is 9.59 Å². The number of rotatable bonds is 2. The molecular formula is C17H16N2O4. The monoisotopic (exact) mass is 312 g/mol. The number of fused-ring (bicyclic) bond motifs is 1. The number of aryl methyl sites for hydroxylation is 1. The molecule has 6 heteroatoms. The molecule has 0 aromatic heterocycles. The van der Waals surface area contributed by atoms with Crippen LogP contribution in [0, 0.1) is 40.7 Å². The van der Waals surface area contributed by atoms with Crippen LogP contribution >= 0.6 is 0 Å². The molecule has 0 unspecified atom stereocenters. The maximum Gasteiger partial charge on any atom is 0.274 e. The molecule has 1 heterocycles. The number of amides is 2. The van der Waals surface area contributed by atoms with Gasteiger partial charge in [-0.1, -0.05) is 18.2 Å². The van der Waals surface area contributed by atoms with Gasteiger partial charge in [-0.15, -0.1) is 0 Å². The molecule has 0 N–H and O–H groups in total. The number of nitro benzene ring substituents is 1. The topological polar surface area (TPSA) is 80.5 Å². The minimum Gasteiger partial charge on any atom is -0.274 e. The molecule has 4 atom stereocenters. The zero-order valence-electron chi connectivity index (χ0n) is 12.6. The Balaban J connectivity index is 1.76. The van der Waals surface area contributed by atoms with Crippen molar-refractivity contribution in [3.8, 4) is 0 Å². The summed E-state index contributed by atoms with van der Waals surface area (Å²) in [5.41, 5.74) is 0.752. The second kappa shape index (κ2) is 4.75. The van der Waals surface area contributed by atoms with Gasteiger partial charge in [0.05, 0.1) is 22.4 Å². The summed E-state index contributed by atoms with van der Waals surface area (Å²) in [6.07, 6.45) is 5.98. The first-order valence-corrected chi connectivity index (χ1v) is 7.80. The van der Waals surface area contributed by atoms with Gasteiger partial charge in [0.2, 0.25) is 11.8 Å². The van der Waals surface area contributed by atoms with Crippen molar-refractivity contribution in [2.45, 2.75) is 19.8 Å². The fourth-order valence-electron chi connectivity index (χ4n) is 4.26. The molecular weight excluding hydrogens is 296 g/mol. The third kappa shape index (κ3) is 1.87. The van der Waals surface area contributed by atoms with Crippen LogP contribution in [-0.4, -0.2) is 16.7 Å². The summed E-state index contributed by atoms with van der Waals surface area (Å²) in [6.45, 7) is 1.64. The molecule has 4 aliphatic rings. The highest BCUT2D eigenvalue weighted by Gasteiger charge is 2.56. The van der Waals surface area contributed by atoms with E-state index in [0.717, 1.165) is 12.8 Å². The lowest BCUT2D eigenvalue weighted by Crippen LogP contribution is -2.38. The first kappa shape index (κ1) is 14.1. The number of imide groups is 1. The van der Waals surface area contributed by atoms with E-state index in [-0.39, 0.29) is 41.2 Å². The Hall–Kier alpha value is -2.50. The number of hydrogen-bond acceptors (Lipinski definition) is 4. The van der Waals surface area contributed by atoms with Crippen LogP contribution in [0.3, 0.4) is 0 Å². The largest absolute Gasteiger partial charge is 0.274 e. The Morgan fingerprint density at radius 3 is 2.13 bits per heavy atom. The minimum atomic E-state index is -0.484. The Kier molecular flexibility index (Phi) is 2.91. The van der Waals surface area contributed by atoms with E-state index in [1.54, 1.807) is 19.1 Å². The van der Waals surface area contributed by atoms with Crippen molar-refractivity contribution in [3.63, 3.8) is 0 Å². The molecule has 1 aliphatic heterocycles. The van der Waals surface area contributed by atoms with E-state index >= 15 is 0 Å². The lowest BCUT2D eigenvalue weighted by Gasteiger charge is -2.38. The number of carbonyl (C=O) groups is 2. The summed E-state index contributed by atoms with van der Waals surface area (Å²) in [5.74, 6) is -0.786. The summed E-state index contributed by atoms with van der Waals surface area (Å²) in [4.78, 5) is 37.4. The van der Waals surface area contributed by atoms with Crippen LogP contribution in [0.5, 0.6) is 0 Å². The van der Waals surface area contributed by atoms with E-state index in [4.69, 9.17) is 0 Å². The van der Waals surface area contributed by atoms with Crippen LogP contribution in [0.2, 0.25) is 0 Å². The smallest absolute Gasteiger partial charge is 0.274 e. The Morgan fingerprint density at radius 2 is 1.65 bits per heavy atom. The average Bonchev–Trinajstić information content (AvgIpc) is 2.83. The molecule has 2 amide bonds. The van der Waals surface area contributed by atoms with Crippen LogP contribution in [0.15, 0.2) is 30.4 Å². The third-order valence-corrected chi connectivity index (χ3v) is 5.41. The van der Waals surface area contributed by atoms with E-state index in [9.17, 15) is 19.7 Å². The first-order valence-electron chi connectivity index (χ1n) is 7.80. The standard InChI is InChI=1S/C17H16N2O4/c1-9-2-7-12(8-13(9)19(22)23)18-16(20)14-10-3-4-11(6-5-10)15(14)17(18)21/h2-4,7-8,10-11,14-15H,5-6H2,1H3/t10-,11-,14-,15-/m0/s1. The molecule has 1 saturated heterocycles. The van der Waals surface area contributed by atoms with Gasteiger partial charge in [-0.25, -0.2) is 4.90 Å². The van der Waals surface area contributed by atoms with E-state index in [0.29, 0.717) is 11.3 Å². The lowest BCUT2D eigenvalue weighted by molar-refractivity contribution is -0.385. The second-order valence-electron chi connectivity index (χ2n) is 6.58. The minimum absolute atomic E-state index is 0.0703. The number of allylic oxidation sites excluding steroid dienone is 2. The van der Waals surface area contributed by atoms with E-state index in [1.807, 2.05) is 0 Å². The fourth-order valence-corrected chi connectivity index (χ4v) is 4.26. The van der Waals surface area contributed by atoms with Crippen LogP contribution < -0.4 is 4.90 Å². The van der Waals surface area contributed by atoms with Crippen molar-refractivity contribution in [2.75, 3.05) is 4.90 Å². The van der Waals surface area contributed by atoms with Gasteiger partial charge >= 0.3 is 0 Å². The maximum absolute atomic E-state index is 12.8. The summed E-state index contributed by atoms with van der Waals surface area (Å²) in [5, 5.41) is 11.1. The molecule has 118 valence electrons. The number of nitro groups is 1. The van der Waals surface area contributed by atoms with Gasteiger partial charge in [0.25, 0.3) is 5.69 Å². The van der Waals surface area contributed by atoms with Crippen LogP contribution in [0.4, 0.5) is 11.4 Å². The van der Waals surface area contributed by atoms with Gasteiger partial charge in [-0.2, -0.15) is 0 Å². The second-order valence-corrected chi connectivity index (χ2v) is 6.58. The number of anilines is 1.